The molecule has 3 aliphatic rings. The zero-order valence-corrected chi connectivity index (χ0v) is 16.0. The van der Waals surface area contributed by atoms with Gasteiger partial charge in [0.15, 0.2) is 0 Å². The summed E-state index contributed by atoms with van der Waals surface area (Å²) in [6.45, 7) is 3.64. The van der Waals surface area contributed by atoms with Crippen LogP contribution in [0.2, 0.25) is 0 Å². The quantitative estimate of drug-likeness (QED) is 0.824. The number of carbonyl (C=O) groups is 2. The van der Waals surface area contributed by atoms with Gasteiger partial charge in [0.25, 0.3) is 5.91 Å². The van der Waals surface area contributed by atoms with E-state index in [1.54, 1.807) is 0 Å². The molecule has 2 bridgehead atoms. The van der Waals surface area contributed by atoms with E-state index in [2.05, 4.69) is 10.2 Å². The van der Waals surface area contributed by atoms with Gasteiger partial charge in [0.2, 0.25) is 5.91 Å². The fourth-order valence-corrected chi connectivity index (χ4v) is 5.37. The van der Waals surface area contributed by atoms with Crippen molar-refractivity contribution in [2.24, 2.45) is 0 Å². The van der Waals surface area contributed by atoms with Crippen molar-refractivity contribution in [3.63, 3.8) is 0 Å². The van der Waals surface area contributed by atoms with Crippen molar-refractivity contribution in [2.75, 3.05) is 31.9 Å². The highest BCUT2D eigenvalue weighted by Gasteiger charge is 2.38. The molecule has 5 nitrogen and oxygen atoms in total. The third-order valence-electron chi connectivity index (χ3n) is 5.82. The van der Waals surface area contributed by atoms with Crippen LogP contribution in [-0.4, -0.2) is 65.6 Å². The molecule has 0 spiro atoms. The Labute approximate surface area is 159 Å². The van der Waals surface area contributed by atoms with Gasteiger partial charge < -0.3 is 15.1 Å². The first kappa shape index (κ1) is 17.9. The fraction of sp³-hybridized carbons (Fsp3) is 0.600. The first-order valence-electron chi connectivity index (χ1n) is 9.77. The summed E-state index contributed by atoms with van der Waals surface area (Å²) in [5, 5.41) is 3.45. The summed E-state index contributed by atoms with van der Waals surface area (Å²) in [4.78, 5) is 30.7. The Kier molecular flexibility index (Phi) is 5.50. The molecule has 140 valence electrons. The van der Waals surface area contributed by atoms with Crippen LogP contribution in [0.4, 0.5) is 0 Å². The number of benzene rings is 1. The molecular formula is C20H27N3O2S. The number of amides is 2. The van der Waals surface area contributed by atoms with E-state index in [1.165, 1.54) is 11.8 Å². The van der Waals surface area contributed by atoms with Crippen LogP contribution in [-0.2, 0) is 4.79 Å². The van der Waals surface area contributed by atoms with Gasteiger partial charge in [-0.3, -0.25) is 9.59 Å². The van der Waals surface area contributed by atoms with E-state index < -0.39 is 0 Å². The minimum atomic E-state index is 0.137. The van der Waals surface area contributed by atoms with E-state index in [9.17, 15) is 9.59 Å². The van der Waals surface area contributed by atoms with Crippen LogP contribution in [0.15, 0.2) is 29.2 Å². The van der Waals surface area contributed by atoms with Crippen LogP contribution in [0.25, 0.3) is 0 Å². The zero-order valence-electron chi connectivity index (χ0n) is 15.2. The molecule has 3 saturated heterocycles. The molecule has 2 amide bonds. The van der Waals surface area contributed by atoms with E-state index in [1.807, 2.05) is 29.2 Å². The second-order valence-corrected chi connectivity index (χ2v) is 8.48. The average Bonchev–Trinajstić information content (AvgIpc) is 3.26. The number of nitrogens with zero attached hydrogens (tertiary/aromatic N) is 2. The first-order valence-corrected chi connectivity index (χ1v) is 10.8. The minimum Gasteiger partial charge on any atom is -0.342 e. The Morgan fingerprint density at radius 2 is 1.85 bits per heavy atom. The fourth-order valence-electron chi connectivity index (χ4n) is 4.42. The summed E-state index contributed by atoms with van der Waals surface area (Å²) >= 11 is 1.51. The summed E-state index contributed by atoms with van der Waals surface area (Å²) in [5.41, 5.74) is 0.755. The second-order valence-electron chi connectivity index (χ2n) is 7.46. The van der Waals surface area contributed by atoms with Gasteiger partial charge in [-0.05, 0) is 50.8 Å². The molecule has 0 radical (unpaired) electrons. The Balaban J connectivity index is 1.48. The standard InChI is InChI=1S/C20H27N3O2S/c24-19(22-11-3-4-12-22)14-26-18-6-2-1-5-17(18)20(25)23-15-7-8-16(23)13-21-10-9-15/h1-2,5-6,15-16,21H,3-4,7-14H2. The Bertz CT molecular complexity index is 661. The number of fused-ring (bicyclic) bond motifs is 2. The number of thioether (sulfide) groups is 1. The maximum atomic E-state index is 13.3. The summed E-state index contributed by atoms with van der Waals surface area (Å²) in [6, 6.07) is 8.44. The lowest BCUT2D eigenvalue weighted by Gasteiger charge is -2.28. The summed E-state index contributed by atoms with van der Waals surface area (Å²) in [7, 11) is 0. The second kappa shape index (κ2) is 8.01. The van der Waals surface area contributed by atoms with Gasteiger partial charge in [0, 0.05) is 36.6 Å². The number of hydrogen-bond acceptors (Lipinski definition) is 4. The third kappa shape index (κ3) is 3.62. The van der Waals surface area contributed by atoms with E-state index in [4.69, 9.17) is 0 Å². The van der Waals surface area contributed by atoms with E-state index in [-0.39, 0.29) is 11.8 Å². The van der Waals surface area contributed by atoms with Crippen LogP contribution < -0.4 is 5.32 Å². The largest absolute Gasteiger partial charge is 0.342 e. The predicted molar refractivity (Wildman–Crippen MR) is 103 cm³/mol. The van der Waals surface area contributed by atoms with Crippen LogP contribution >= 0.6 is 11.8 Å². The van der Waals surface area contributed by atoms with Gasteiger partial charge in [-0.15, -0.1) is 11.8 Å². The number of rotatable bonds is 4. The van der Waals surface area contributed by atoms with E-state index >= 15 is 0 Å². The highest BCUT2D eigenvalue weighted by molar-refractivity contribution is 8.00. The molecule has 3 heterocycles. The van der Waals surface area contributed by atoms with Crippen LogP contribution in [0.5, 0.6) is 0 Å². The van der Waals surface area contributed by atoms with E-state index in [0.717, 1.165) is 68.7 Å². The molecule has 0 aliphatic carbocycles. The van der Waals surface area contributed by atoms with E-state index in [0.29, 0.717) is 17.8 Å². The first-order chi connectivity index (χ1) is 12.7. The van der Waals surface area contributed by atoms with Gasteiger partial charge >= 0.3 is 0 Å². The summed E-state index contributed by atoms with van der Waals surface area (Å²) in [6.07, 6.45) is 5.45. The summed E-state index contributed by atoms with van der Waals surface area (Å²) in [5.74, 6) is 0.741. The Morgan fingerprint density at radius 1 is 1.08 bits per heavy atom. The topological polar surface area (TPSA) is 52.7 Å². The number of carbonyl (C=O) groups excluding carboxylic acids is 2. The molecule has 4 rings (SSSR count). The van der Waals surface area contributed by atoms with Crippen molar-refractivity contribution in [1.82, 2.24) is 15.1 Å². The minimum absolute atomic E-state index is 0.137. The SMILES string of the molecule is O=C(CSc1ccccc1C(=O)N1C2CCNCC1CC2)N1CCCC1. The molecule has 1 aromatic carbocycles. The van der Waals surface area contributed by atoms with Crippen molar-refractivity contribution < 1.29 is 9.59 Å². The smallest absolute Gasteiger partial charge is 0.255 e. The predicted octanol–water partition coefficient (Wildman–Crippen LogP) is 2.37. The van der Waals surface area contributed by atoms with Gasteiger partial charge in [0.05, 0.1) is 11.3 Å². The van der Waals surface area contributed by atoms with Crippen LogP contribution in [0.1, 0.15) is 42.5 Å². The molecule has 1 aromatic rings. The Morgan fingerprint density at radius 3 is 2.69 bits per heavy atom. The maximum Gasteiger partial charge on any atom is 0.255 e. The molecule has 26 heavy (non-hydrogen) atoms. The molecule has 3 fully saturated rings. The van der Waals surface area contributed by atoms with Gasteiger partial charge in [0.1, 0.15) is 0 Å². The van der Waals surface area contributed by atoms with Crippen molar-refractivity contribution in [2.45, 2.75) is 49.1 Å². The van der Waals surface area contributed by atoms with Gasteiger partial charge in [-0.2, -0.15) is 0 Å². The number of hydrogen-bond donors (Lipinski definition) is 1. The molecule has 2 atom stereocenters. The molecule has 6 heteroatoms. The van der Waals surface area contributed by atoms with Crippen molar-refractivity contribution in [1.29, 1.82) is 0 Å². The molecule has 0 aromatic heterocycles. The van der Waals surface area contributed by atoms with Gasteiger partial charge in [-0.25, -0.2) is 0 Å². The monoisotopic (exact) mass is 373 g/mol. The average molecular weight is 374 g/mol. The van der Waals surface area contributed by atoms with Crippen molar-refractivity contribution in [3.05, 3.63) is 29.8 Å². The number of likely N-dealkylation sites (tertiary alicyclic amines) is 1. The van der Waals surface area contributed by atoms with Crippen LogP contribution in [0.3, 0.4) is 0 Å². The molecule has 0 saturated carbocycles. The number of nitrogens with one attached hydrogen (secondary N) is 1. The lowest BCUT2D eigenvalue weighted by atomic mass is 10.1. The molecule has 1 N–H and O–H groups in total. The van der Waals surface area contributed by atoms with Crippen molar-refractivity contribution in [3.8, 4) is 0 Å². The summed E-state index contributed by atoms with van der Waals surface area (Å²) < 4.78 is 0. The highest BCUT2D eigenvalue weighted by Crippen LogP contribution is 2.32. The van der Waals surface area contributed by atoms with Crippen LogP contribution in [0, 0.1) is 0 Å². The third-order valence-corrected chi connectivity index (χ3v) is 6.87. The maximum absolute atomic E-state index is 13.3. The normalized spacial score (nSPS) is 25.4. The Hall–Kier alpha value is -1.53. The molecule has 3 aliphatic heterocycles. The zero-order chi connectivity index (χ0) is 17.9. The lowest BCUT2D eigenvalue weighted by molar-refractivity contribution is -0.127. The highest BCUT2D eigenvalue weighted by atomic mass is 32.2. The molecule has 2 unspecified atom stereocenters. The lowest BCUT2D eigenvalue weighted by Crippen LogP contribution is -2.42. The van der Waals surface area contributed by atoms with Crippen molar-refractivity contribution >= 4 is 23.6 Å². The molecular weight excluding hydrogens is 346 g/mol. The van der Waals surface area contributed by atoms with Gasteiger partial charge in [-0.1, -0.05) is 12.1 Å².